The Morgan fingerprint density at radius 2 is 1.68 bits per heavy atom. The van der Waals surface area contributed by atoms with Gasteiger partial charge in [0.05, 0.1) is 16.9 Å². The van der Waals surface area contributed by atoms with Crippen LogP contribution in [-0.4, -0.2) is 30.2 Å². The molecule has 8 heteroatoms. The molecule has 2 aromatic heterocycles. The van der Waals surface area contributed by atoms with E-state index in [9.17, 15) is 0 Å². The minimum Gasteiger partial charge on any atom is -0.368 e. The van der Waals surface area contributed by atoms with Gasteiger partial charge in [0.1, 0.15) is 0 Å². The average Bonchev–Trinajstić information content (AvgIpc) is 3.12. The van der Waals surface area contributed by atoms with Crippen molar-refractivity contribution in [1.82, 2.24) is 30.2 Å². The number of benzene rings is 2. The number of rotatable bonds is 3. The molecule has 7 nitrogen and oxygen atoms in total. The summed E-state index contributed by atoms with van der Waals surface area (Å²) in [6.45, 7) is 0. The fourth-order valence-electron chi connectivity index (χ4n) is 2.52. The van der Waals surface area contributed by atoms with E-state index in [0.717, 1.165) is 11.3 Å². The normalized spacial score (nSPS) is 10.8. The van der Waals surface area contributed by atoms with Crippen molar-refractivity contribution in [3.63, 3.8) is 0 Å². The van der Waals surface area contributed by atoms with Gasteiger partial charge in [0, 0.05) is 16.8 Å². The Labute approximate surface area is 148 Å². The summed E-state index contributed by atoms with van der Waals surface area (Å²) in [5, 5.41) is 12.6. The second kappa shape index (κ2) is 6.29. The minimum atomic E-state index is 0.150. The first-order chi connectivity index (χ1) is 12.2. The molecule has 0 aliphatic heterocycles. The van der Waals surface area contributed by atoms with E-state index in [1.165, 1.54) is 0 Å². The smallest absolute Gasteiger partial charge is 0.220 e. The van der Waals surface area contributed by atoms with E-state index in [4.69, 9.17) is 17.3 Å². The lowest BCUT2D eigenvalue weighted by Gasteiger charge is -2.10. The van der Waals surface area contributed by atoms with Crippen LogP contribution in [0, 0.1) is 0 Å². The summed E-state index contributed by atoms with van der Waals surface area (Å²) >= 11 is 6.34. The van der Waals surface area contributed by atoms with Crippen molar-refractivity contribution >= 4 is 17.5 Å². The second-order valence-corrected chi connectivity index (χ2v) is 5.63. The SMILES string of the molecule is Nc1ncc(-c2nnnn2-c2ccccc2)c(-c2ccccc2Cl)n1. The largest absolute Gasteiger partial charge is 0.368 e. The Kier molecular flexibility index (Phi) is 3.83. The van der Waals surface area contributed by atoms with Crippen molar-refractivity contribution in [1.29, 1.82) is 0 Å². The van der Waals surface area contributed by atoms with Crippen LogP contribution >= 0.6 is 11.6 Å². The molecule has 25 heavy (non-hydrogen) atoms. The molecule has 0 aliphatic rings. The quantitative estimate of drug-likeness (QED) is 0.610. The van der Waals surface area contributed by atoms with E-state index in [0.29, 0.717) is 22.1 Å². The van der Waals surface area contributed by atoms with E-state index < -0.39 is 0 Å². The van der Waals surface area contributed by atoms with Crippen molar-refractivity contribution in [3.05, 3.63) is 65.8 Å². The highest BCUT2D eigenvalue weighted by molar-refractivity contribution is 6.33. The Bertz CT molecular complexity index is 1030. The maximum Gasteiger partial charge on any atom is 0.220 e. The van der Waals surface area contributed by atoms with Gasteiger partial charge in [0.15, 0.2) is 5.82 Å². The molecule has 0 amide bonds. The van der Waals surface area contributed by atoms with Crippen molar-refractivity contribution in [2.75, 3.05) is 5.73 Å². The van der Waals surface area contributed by atoms with Gasteiger partial charge in [-0.3, -0.25) is 0 Å². The second-order valence-electron chi connectivity index (χ2n) is 5.22. The number of hydrogen-bond acceptors (Lipinski definition) is 6. The summed E-state index contributed by atoms with van der Waals surface area (Å²) in [6, 6.07) is 17.0. The lowest BCUT2D eigenvalue weighted by molar-refractivity contribution is 0.791. The zero-order valence-electron chi connectivity index (χ0n) is 12.9. The molecule has 4 aromatic rings. The van der Waals surface area contributed by atoms with E-state index >= 15 is 0 Å². The summed E-state index contributed by atoms with van der Waals surface area (Å²) in [7, 11) is 0. The highest BCUT2D eigenvalue weighted by atomic mass is 35.5. The highest BCUT2D eigenvalue weighted by Crippen LogP contribution is 2.33. The summed E-state index contributed by atoms with van der Waals surface area (Å²) in [5.74, 6) is 0.651. The van der Waals surface area contributed by atoms with Gasteiger partial charge in [-0.15, -0.1) is 5.10 Å². The topological polar surface area (TPSA) is 95.4 Å². The molecule has 0 unspecified atom stereocenters. The number of anilines is 1. The number of halogens is 1. The molecule has 0 aliphatic carbocycles. The van der Waals surface area contributed by atoms with E-state index in [2.05, 4.69) is 25.5 Å². The van der Waals surface area contributed by atoms with Crippen LogP contribution in [-0.2, 0) is 0 Å². The Morgan fingerprint density at radius 1 is 0.920 bits per heavy atom. The molecule has 4 rings (SSSR count). The summed E-state index contributed by atoms with van der Waals surface area (Å²) < 4.78 is 1.62. The van der Waals surface area contributed by atoms with Gasteiger partial charge >= 0.3 is 0 Å². The molecular weight excluding hydrogens is 338 g/mol. The highest BCUT2D eigenvalue weighted by Gasteiger charge is 2.19. The van der Waals surface area contributed by atoms with Crippen LogP contribution in [0.4, 0.5) is 5.95 Å². The van der Waals surface area contributed by atoms with E-state index in [-0.39, 0.29) is 5.95 Å². The average molecular weight is 350 g/mol. The molecular formula is C17H12ClN7. The molecule has 0 atom stereocenters. The number of tetrazole rings is 1. The van der Waals surface area contributed by atoms with Crippen LogP contribution in [0.2, 0.25) is 5.02 Å². The van der Waals surface area contributed by atoms with Gasteiger partial charge in [-0.05, 0) is 28.6 Å². The first-order valence-electron chi connectivity index (χ1n) is 7.45. The Hall–Kier alpha value is -3.32. The summed E-state index contributed by atoms with van der Waals surface area (Å²) in [5.41, 5.74) is 8.56. The van der Waals surface area contributed by atoms with Gasteiger partial charge in [-0.2, -0.15) is 4.68 Å². The van der Waals surface area contributed by atoms with Crippen molar-refractivity contribution < 1.29 is 0 Å². The van der Waals surface area contributed by atoms with Gasteiger partial charge in [-0.25, -0.2) is 9.97 Å². The third-order valence-electron chi connectivity index (χ3n) is 3.65. The van der Waals surface area contributed by atoms with Crippen LogP contribution in [0.1, 0.15) is 0 Å². The molecule has 2 aromatic carbocycles. The van der Waals surface area contributed by atoms with E-state index in [1.54, 1.807) is 16.9 Å². The number of hydrogen-bond donors (Lipinski definition) is 1. The molecule has 0 bridgehead atoms. The molecule has 122 valence electrons. The third-order valence-corrected chi connectivity index (χ3v) is 3.98. The van der Waals surface area contributed by atoms with Crippen LogP contribution in [0.5, 0.6) is 0 Å². The van der Waals surface area contributed by atoms with Crippen LogP contribution in [0.25, 0.3) is 28.3 Å². The van der Waals surface area contributed by atoms with Crippen LogP contribution in [0.15, 0.2) is 60.8 Å². The summed E-state index contributed by atoms with van der Waals surface area (Å²) in [6.07, 6.45) is 1.60. The lowest BCUT2D eigenvalue weighted by atomic mass is 10.1. The number of nitrogens with zero attached hydrogens (tertiary/aromatic N) is 6. The standard InChI is InChI=1S/C17H12ClN7/c18-14-9-5-4-8-12(14)15-13(10-20-17(19)21-15)16-22-23-24-25(16)11-6-2-1-3-7-11/h1-10H,(H2,19,20,21). The third kappa shape index (κ3) is 2.81. The maximum atomic E-state index is 6.34. The predicted octanol–water partition coefficient (Wildman–Crippen LogP) is 3.02. The zero-order valence-corrected chi connectivity index (χ0v) is 13.7. The molecule has 2 N–H and O–H groups in total. The van der Waals surface area contributed by atoms with Crippen molar-refractivity contribution in [2.45, 2.75) is 0 Å². The Morgan fingerprint density at radius 3 is 2.48 bits per heavy atom. The number of nitrogens with two attached hydrogens (primary N) is 1. The Balaban J connectivity index is 1.94. The predicted molar refractivity (Wildman–Crippen MR) is 95.0 cm³/mol. The minimum absolute atomic E-state index is 0.150. The fraction of sp³-hybridized carbons (Fsp3) is 0. The molecule has 0 fully saturated rings. The first kappa shape index (κ1) is 15.2. The molecule has 0 spiro atoms. The van der Waals surface area contributed by atoms with E-state index in [1.807, 2.05) is 48.5 Å². The zero-order chi connectivity index (χ0) is 17.2. The number of aromatic nitrogens is 6. The van der Waals surface area contributed by atoms with Gasteiger partial charge in [-0.1, -0.05) is 48.0 Å². The first-order valence-corrected chi connectivity index (χ1v) is 7.83. The fourth-order valence-corrected chi connectivity index (χ4v) is 2.74. The lowest BCUT2D eigenvalue weighted by Crippen LogP contribution is -2.04. The number of nitrogen functional groups attached to an aromatic ring is 1. The summed E-state index contributed by atoms with van der Waals surface area (Å²) in [4.78, 5) is 8.47. The van der Waals surface area contributed by atoms with Gasteiger partial charge in [0.25, 0.3) is 0 Å². The molecule has 0 saturated carbocycles. The van der Waals surface area contributed by atoms with Crippen molar-refractivity contribution in [2.24, 2.45) is 0 Å². The number of para-hydroxylation sites is 1. The van der Waals surface area contributed by atoms with Gasteiger partial charge in [0.2, 0.25) is 5.95 Å². The molecule has 0 saturated heterocycles. The molecule has 0 radical (unpaired) electrons. The van der Waals surface area contributed by atoms with Crippen LogP contribution < -0.4 is 5.73 Å². The molecule has 2 heterocycles. The van der Waals surface area contributed by atoms with Gasteiger partial charge < -0.3 is 5.73 Å². The van der Waals surface area contributed by atoms with Crippen LogP contribution in [0.3, 0.4) is 0 Å². The maximum absolute atomic E-state index is 6.34. The monoisotopic (exact) mass is 349 g/mol. The van der Waals surface area contributed by atoms with Crippen molar-refractivity contribution in [3.8, 4) is 28.3 Å².